The van der Waals surface area contributed by atoms with Crippen LogP contribution < -0.4 is 0 Å². The van der Waals surface area contributed by atoms with E-state index in [0.29, 0.717) is 24.4 Å². The van der Waals surface area contributed by atoms with Crippen LogP contribution in [0.4, 0.5) is 0 Å². The molecule has 0 N–H and O–H groups in total. The first-order valence-electron chi connectivity index (χ1n) is 4.17. The number of thiophene rings is 1. The number of hydrogen-bond acceptors (Lipinski definition) is 3. The first-order valence-corrected chi connectivity index (χ1v) is 6.54. The molecule has 2 rings (SSSR count). The van der Waals surface area contributed by atoms with Crippen LogP contribution >= 0.6 is 50.5 Å². The summed E-state index contributed by atoms with van der Waals surface area (Å²) in [7, 11) is 1.69. The van der Waals surface area contributed by atoms with Crippen molar-refractivity contribution in [3.05, 3.63) is 36.7 Å². The van der Waals surface area contributed by atoms with Gasteiger partial charge in [-0.2, -0.15) is 5.10 Å². The van der Waals surface area contributed by atoms with Gasteiger partial charge in [-0.05, 0) is 22.0 Å². The van der Waals surface area contributed by atoms with Crippen LogP contribution in [0.25, 0.3) is 0 Å². The predicted molar refractivity (Wildman–Crippen MR) is 68.7 cm³/mol. The summed E-state index contributed by atoms with van der Waals surface area (Å²) >= 11 is 16.2. The predicted octanol–water partition coefficient (Wildman–Crippen LogP) is 3.78. The molecule has 0 radical (unpaired) electrons. The lowest BCUT2D eigenvalue weighted by Gasteiger charge is -2.00. The monoisotopic (exact) mass is 338 g/mol. The minimum atomic E-state index is -0.194. The summed E-state index contributed by atoms with van der Waals surface area (Å²) in [5.41, 5.74) is 0.859. The molecule has 0 aliphatic heterocycles. The highest BCUT2D eigenvalue weighted by Gasteiger charge is 2.21. The van der Waals surface area contributed by atoms with Gasteiger partial charge in [0.15, 0.2) is 0 Å². The molecule has 0 saturated heterocycles. The second-order valence-corrected chi connectivity index (χ2v) is 6.17. The van der Waals surface area contributed by atoms with Crippen LogP contribution in [-0.4, -0.2) is 15.6 Å². The van der Waals surface area contributed by atoms with Crippen molar-refractivity contribution in [3.63, 3.8) is 0 Å². The second-order valence-electron chi connectivity index (χ2n) is 3.03. The van der Waals surface area contributed by atoms with Gasteiger partial charge in [0.2, 0.25) is 5.78 Å². The number of aromatic nitrogens is 2. The molecule has 2 aromatic heterocycles. The number of ketones is 1. The number of halogens is 3. The maximum absolute atomic E-state index is 12.2. The Balaban J connectivity index is 2.51. The number of carbonyl (C=O) groups excluding carboxylic acids is 1. The highest BCUT2D eigenvalue weighted by atomic mass is 79.9. The third-order valence-corrected chi connectivity index (χ3v) is 4.08. The maximum Gasteiger partial charge on any atom is 0.214 e. The zero-order valence-corrected chi connectivity index (χ0v) is 11.9. The summed E-state index contributed by atoms with van der Waals surface area (Å²) in [6.45, 7) is 0. The number of carbonyl (C=O) groups is 1. The fourth-order valence-electron chi connectivity index (χ4n) is 1.29. The van der Waals surface area contributed by atoms with Crippen LogP contribution in [0, 0.1) is 0 Å². The van der Waals surface area contributed by atoms with Gasteiger partial charge < -0.3 is 0 Å². The number of aryl methyl sites for hydroxylation is 1. The van der Waals surface area contributed by atoms with Gasteiger partial charge in [-0.15, -0.1) is 11.3 Å². The molecule has 84 valence electrons. The highest BCUT2D eigenvalue weighted by Crippen LogP contribution is 2.33. The Bertz CT molecular complexity index is 544. The van der Waals surface area contributed by atoms with E-state index in [2.05, 4.69) is 21.0 Å². The van der Waals surface area contributed by atoms with E-state index in [1.807, 2.05) is 0 Å². The highest BCUT2D eigenvalue weighted by molar-refractivity contribution is 9.10. The van der Waals surface area contributed by atoms with Crippen LogP contribution in [0.15, 0.2) is 16.7 Å². The summed E-state index contributed by atoms with van der Waals surface area (Å²) in [6, 6.07) is 1.57. The molecule has 0 unspecified atom stereocenters. The zero-order chi connectivity index (χ0) is 11.9. The van der Waals surface area contributed by atoms with Crippen molar-refractivity contribution in [2.45, 2.75) is 0 Å². The van der Waals surface area contributed by atoms with Gasteiger partial charge in [0.05, 0.1) is 20.6 Å². The van der Waals surface area contributed by atoms with Gasteiger partial charge >= 0.3 is 0 Å². The standard InChI is InChI=1S/C9H5BrCl2N2OS/c1-14-7(5(10)3-13-14)8(15)4-2-6(11)16-9(4)12/h2-3H,1H3. The Morgan fingerprint density at radius 3 is 2.69 bits per heavy atom. The van der Waals surface area contributed by atoms with E-state index in [-0.39, 0.29) is 5.78 Å². The molecule has 16 heavy (non-hydrogen) atoms. The summed E-state index contributed by atoms with van der Waals surface area (Å²) in [5, 5.41) is 3.98. The molecular formula is C9H5BrCl2N2OS. The molecule has 0 aliphatic carbocycles. The lowest BCUT2D eigenvalue weighted by molar-refractivity contribution is 0.103. The van der Waals surface area contributed by atoms with E-state index in [1.165, 1.54) is 16.0 Å². The average molecular weight is 340 g/mol. The Kier molecular flexibility index (Phi) is 3.39. The van der Waals surface area contributed by atoms with Crippen molar-refractivity contribution in [3.8, 4) is 0 Å². The number of hydrogen-bond donors (Lipinski definition) is 0. The minimum Gasteiger partial charge on any atom is -0.287 e. The third-order valence-electron chi connectivity index (χ3n) is 2.01. The van der Waals surface area contributed by atoms with Crippen molar-refractivity contribution < 1.29 is 4.79 Å². The molecule has 0 amide bonds. The van der Waals surface area contributed by atoms with Gasteiger partial charge in [-0.1, -0.05) is 23.2 Å². The largest absolute Gasteiger partial charge is 0.287 e. The summed E-state index contributed by atoms with van der Waals surface area (Å²) in [4.78, 5) is 12.2. The van der Waals surface area contributed by atoms with Gasteiger partial charge in [0.1, 0.15) is 10.0 Å². The van der Waals surface area contributed by atoms with Crippen LogP contribution in [0.5, 0.6) is 0 Å². The van der Waals surface area contributed by atoms with Crippen LogP contribution in [0.2, 0.25) is 8.67 Å². The topological polar surface area (TPSA) is 34.9 Å². The molecular weight excluding hydrogens is 335 g/mol. The van der Waals surface area contributed by atoms with Gasteiger partial charge in [-0.25, -0.2) is 0 Å². The molecule has 3 nitrogen and oxygen atoms in total. The third kappa shape index (κ3) is 2.05. The SMILES string of the molecule is Cn1ncc(Br)c1C(=O)c1cc(Cl)sc1Cl. The van der Waals surface area contributed by atoms with Crippen LogP contribution in [0.3, 0.4) is 0 Å². The molecule has 0 saturated carbocycles. The van der Waals surface area contributed by atoms with Crippen molar-refractivity contribution >= 4 is 56.3 Å². The van der Waals surface area contributed by atoms with Crippen molar-refractivity contribution in [1.82, 2.24) is 9.78 Å². The Morgan fingerprint density at radius 1 is 1.56 bits per heavy atom. The van der Waals surface area contributed by atoms with Gasteiger partial charge in [0.25, 0.3) is 0 Å². The Morgan fingerprint density at radius 2 is 2.25 bits per heavy atom. The van der Waals surface area contributed by atoms with Gasteiger partial charge in [0, 0.05) is 7.05 Å². The summed E-state index contributed by atoms with van der Waals surface area (Å²) in [5.74, 6) is -0.194. The molecule has 0 atom stereocenters. The fourth-order valence-corrected chi connectivity index (χ4v) is 3.28. The van der Waals surface area contributed by atoms with Crippen molar-refractivity contribution in [1.29, 1.82) is 0 Å². The minimum absolute atomic E-state index is 0.194. The van der Waals surface area contributed by atoms with E-state index < -0.39 is 0 Å². The molecule has 7 heteroatoms. The van der Waals surface area contributed by atoms with Crippen molar-refractivity contribution in [2.75, 3.05) is 0 Å². The van der Waals surface area contributed by atoms with Crippen molar-refractivity contribution in [2.24, 2.45) is 7.05 Å². The number of rotatable bonds is 2. The lowest BCUT2D eigenvalue weighted by Crippen LogP contribution is -2.08. The maximum atomic E-state index is 12.2. The smallest absolute Gasteiger partial charge is 0.214 e. The molecule has 0 fully saturated rings. The summed E-state index contributed by atoms with van der Waals surface area (Å²) < 4.78 is 3.02. The van der Waals surface area contributed by atoms with Crippen LogP contribution in [-0.2, 0) is 7.05 Å². The average Bonchev–Trinajstić information content (AvgIpc) is 2.70. The first kappa shape index (κ1) is 12.1. The molecule has 2 aromatic rings. The fraction of sp³-hybridized carbons (Fsp3) is 0.111. The molecule has 2 heterocycles. The van der Waals surface area contributed by atoms with Crippen LogP contribution in [0.1, 0.15) is 16.1 Å². The van der Waals surface area contributed by atoms with Gasteiger partial charge in [-0.3, -0.25) is 9.48 Å². The van der Waals surface area contributed by atoms with E-state index >= 15 is 0 Å². The van der Waals surface area contributed by atoms with E-state index in [0.717, 1.165) is 0 Å². The Labute approximate surface area is 114 Å². The zero-order valence-electron chi connectivity index (χ0n) is 8.00. The molecule has 0 spiro atoms. The quantitative estimate of drug-likeness (QED) is 0.780. The Hall–Kier alpha value is -0.360. The normalized spacial score (nSPS) is 10.8. The molecule has 0 bridgehead atoms. The second kappa shape index (κ2) is 4.49. The van der Waals surface area contributed by atoms with E-state index in [1.54, 1.807) is 19.3 Å². The van der Waals surface area contributed by atoms with E-state index in [4.69, 9.17) is 23.2 Å². The number of nitrogens with zero attached hydrogens (tertiary/aromatic N) is 2. The molecule has 0 aromatic carbocycles. The molecule has 0 aliphatic rings. The lowest BCUT2D eigenvalue weighted by atomic mass is 10.1. The first-order chi connectivity index (χ1) is 7.50. The van der Waals surface area contributed by atoms with E-state index in [9.17, 15) is 4.79 Å². The summed E-state index contributed by atoms with van der Waals surface area (Å²) in [6.07, 6.45) is 1.56.